The van der Waals surface area contributed by atoms with E-state index in [1.54, 1.807) is 23.3 Å². The van der Waals surface area contributed by atoms with Crippen LogP contribution in [0.25, 0.3) is 56.3 Å². The van der Waals surface area contributed by atoms with Crippen molar-refractivity contribution < 1.29 is 39.3 Å². The Morgan fingerprint density at radius 3 is 1.07 bits per heavy atom. The van der Waals surface area contributed by atoms with Crippen LogP contribution in [0.1, 0.15) is 145 Å². The molecule has 0 bridgehead atoms. The number of hydrogen-bond acceptors (Lipinski definition) is 0. The molecule has 0 unspecified atom stereocenters. The summed E-state index contributed by atoms with van der Waals surface area (Å²) in [6.07, 6.45) is 9.44. The lowest BCUT2D eigenvalue weighted by Gasteiger charge is -2.17. The Balaban J connectivity index is 0.000000125. The molecule has 5 heteroatoms. The van der Waals surface area contributed by atoms with Crippen LogP contribution in [0, 0.1) is 34.6 Å². The smallest absolute Gasteiger partial charge is 0.201 e. The Hall–Kier alpha value is -8.15. The molecule has 0 amide bonds. The van der Waals surface area contributed by atoms with Gasteiger partial charge in [-0.3, -0.25) is 0 Å². The van der Waals surface area contributed by atoms with Crippen molar-refractivity contribution in [2.75, 3.05) is 0 Å². The van der Waals surface area contributed by atoms with Gasteiger partial charge in [0.15, 0.2) is 31.0 Å². The average Bonchev–Trinajstić information content (AvgIpc) is 1.72. The highest BCUT2D eigenvalue weighted by atomic mass is 14.9. The third-order valence-corrected chi connectivity index (χ3v) is 17.7. The minimum absolute atomic E-state index is 0.127. The van der Waals surface area contributed by atoms with Crippen molar-refractivity contribution in [1.29, 1.82) is 0 Å². The second-order valence-electron chi connectivity index (χ2n) is 23.8. The number of rotatable bonds is 5. The van der Waals surface area contributed by atoms with E-state index in [4.69, 9.17) is 16.4 Å². The summed E-state index contributed by atoms with van der Waals surface area (Å²) in [5.41, 5.74) is 25.8. The molecule has 15 rings (SSSR count). The Morgan fingerprint density at radius 2 is 0.609 bits per heavy atom. The van der Waals surface area contributed by atoms with E-state index < -0.39 is 38.2 Å². The topological polar surface area (TPSA) is 19.4 Å². The zero-order valence-corrected chi connectivity index (χ0v) is 52.8. The predicted molar refractivity (Wildman–Crippen MR) is 358 cm³/mol. The largest absolute Gasteiger partial charge is 0.216 e. The first-order valence-electron chi connectivity index (χ1n) is 37.2. The highest BCUT2D eigenvalue weighted by molar-refractivity contribution is 5.69. The Morgan fingerprint density at radius 1 is 0.276 bits per heavy atom. The normalized spacial score (nSPS) is 19.5. The average molecular weight is 1160 g/mol. The van der Waals surface area contributed by atoms with Crippen molar-refractivity contribution in [2.24, 2.45) is 35.2 Å². The summed E-state index contributed by atoms with van der Waals surface area (Å²) in [5.74, 6) is 0. The molecule has 5 nitrogen and oxygen atoms in total. The van der Waals surface area contributed by atoms with Gasteiger partial charge >= 0.3 is 0 Å². The van der Waals surface area contributed by atoms with E-state index in [1.807, 2.05) is 142 Å². The first-order chi connectivity index (χ1) is 46.7. The Bertz CT molecular complexity index is 4710. The maximum Gasteiger partial charge on any atom is 0.216 e. The molecule has 10 aromatic rings. The maximum absolute atomic E-state index is 8.43. The van der Waals surface area contributed by atoms with Crippen LogP contribution in [0.2, 0.25) is 0 Å². The molecule has 0 radical (unpaired) electrons. The molecule has 5 aromatic heterocycles. The van der Waals surface area contributed by atoms with E-state index in [-0.39, 0.29) is 19.3 Å². The van der Waals surface area contributed by atoms with Gasteiger partial charge in [-0.05, 0) is 229 Å². The number of aryl methyl sites for hydroxylation is 17. The quantitative estimate of drug-likeness (QED) is 0.153. The SMILES string of the molecule is Cc1ccccc1-c1c2c(cc[n+]1C)CCC2.[2H]C1([2H])CC([2H])([2H])c2c1cc[n+](C)c2-c1ccccc1C.[2H]C1([2H])CCC([2H])([2H])c2c1cc[n+](C)c2-c1ccccc1C.[2H]C1([2H])CCCc2c[n+](C)c(-c3ccccc3C)cc21.[2H]C1([2H])CCc2c[n+](C)c(-c3ccccc3C)cc21. The van der Waals surface area contributed by atoms with Gasteiger partial charge in [-0.1, -0.05) is 91.0 Å². The van der Waals surface area contributed by atoms with Crippen LogP contribution in [0.4, 0.5) is 0 Å². The Kier molecular flexibility index (Phi) is 15.0. The highest BCUT2D eigenvalue weighted by Crippen LogP contribution is 2.35. The fourth-order valence-corrected chi connectivity index (χ4v) is 13.0. The molecule has 442 valence electrons. The second kappa shape index (κ2) is 27.7. The minimum Gasteiger partial charge on any atom is -0.201 e. The van der Waals surface area contributed by atoms with Crippen molar-refractivity contribution in [3.63, 3.8) is 0 Å². The summed E-state index contributed by atoms with van der Waals surface area (Å²) >= 11 is 0. The van der Waals surface area contributed by atoms with Crippen LogP contribution >= 0.6 is 0 Å². The van der Waals surface area contributed by atoms with Gasteiger partial charge in [0.2, 0.25) is 28.5 Å². The highest BCUT2D eigenvalue weighted by Gasteiger charge is 2.28. The minimum atomic E-state index is -1.66. The van der Waals surface area contributed by atoms with Gasteiger partial charge in [-0.15, -0.1) is 0 Å². The molecule has 0 N–H and O–H groups in total. The molecule has 5 aromatic carbocycles. The predicted octanol–water partition coefficient (Wildman–Crippen LogP) is 15.7. The summed E-state index contributed by atoms with van der Waals surface area (Å²) in [7, 11) is 10.0. The molecule has 5 aliphatic carbocycles. The van der Waals surface area contributed by atoms with Crippen LogP contribution in [0.15, 0.2) is 183 Å². The molecular weight excluding hydrogens is 1050 g/mol. The van der Waals surface area contributed by atoms with Gasteiger partial charge in [-0.2, -0.15) is 0 Å². The molecule has 0 saturated carbocycles. The third-order valence-electron chi connectivity index (χ3n) is 17.7. The molecule has 5 aliphatic rings. The second-order valence-corrected chi connectivity index (χ2v) is 23.8. The third kappa shape index (κ3) is 13.5. The molecule has 0 atom stereocenters. The van der Waals surface area contributed by atoms with Crippen LogP contribution in [0.3, 0.4) is 0 Å². The van der Waals surface area contributed by atoms with Gasteiger partial charge in [0.25, 0.3) is 0 Å². The monoisotopic (exact) mass is 1160 g/mol. The lowest BCUT2D eigenvalue weighted by molar-refractivity contribution is -0.661. The van der Waals surface area contributed by atoms with Crippen molar-refractivity contribution in [3.05, 3.63) is 266 Å². The van der Waals surface area contributed by atoms with Gasteiger partial charge in [0.1, 0.15) is 35.2 Å². The Labute approximate surface area is 538 Å². The molecule has 5 heterocycles. The van der Waals surface area contributed by atoms with E-state index in [0.717, 1.165) is 86.5 Å². The van der Waals surface area contributed by atoms with E-state index in [9.17, 15) is 0 Å². The lowest BCUT2D eigenvalue weighted by atomic mass is 9.88. The zero-order valence-electron chi connectivity index (χ0n) is 64.8. The van der Waals surface area contributed by atoms with Crippen molar-refractivity contribution >= 4 is 0 Å². The van der Waals surface area contributed by atoms with Crippen LogP contribution in [-0.4, -0.2) is 0 Å². The number of aromatic nitrogens is 5. The van der Waals surface area contributed by atoms with Gasteiger partial charge in [-0.25, -0.2) is 22.8 Å². The van der Waals surface area contributed by atoms with E-state index in [2.05, 4.69) is 121 Å². The number of pyridine rings is 5. The zero-order chi connectivity index (χ0) is 71.3. The van der Waals surface area contributed by atoms with Gasteiger partial charge in [0, 0.05) is 102 Å². The molecule has 0 spiro atoms. The van der Waals surface area contributed by atoms with Gasteiger partial charge < -0.3 is 0 Å². The van der Waals surface area contributed by atoms with E-state index >= 15 is 0 Å². The van der Waals surface area contributed by atoms with Crippen LogP contribution < -0.4 is 22.8 Å². The van der Waals surface area contributed by atoms with Crippen LogP contribution in [0.5, 0.6) is 0 Å². The number of hydrogen-bond donors (Lipinski definition) is 0. The van der Waals surface area contributed by atoms with Crippen molar-refractivity contribution in [1.82, 2.24) is 0 Å². The van der Waals surface area contributed by atoms with Crippen molar-refractivity contribution in [3.8, 4) is 56.3 Å². The number of nitrogens with zero attached hydrogens (tertiary/aromatic N) is 5. The fourth-order valence-electron chi connectivity index (χ4n) is 13.0. The first kappa shape index (κ1) is 47.0. The van der Waals surface area contributed by atoms with E-state index in [0.29, 0.717) is 35.1 Å². The standard InChI is InChI=1S/2C17H20N.3C16H18N/c1-13-7-3-6-10-16(13)17-11-14-8-4-5-9-15(14)12-18(17)2;1-13-7-3-5-9-15(13)17-16-10-6-4-8-14(16)11-12-18(17)2;1-12-6-3-4-9-15(12)16-10-13-7-5-8-14(13)11-17(16)2;2*1-12-6-3-4-8-14(12)16-15-9-5-7-13(15)10-11-17(16)2/h3,6-7,10-12H,4-5,8-9H2,1-2H3;3,5,7,9,11-12H,4,6,8,10H2,1-2H3;3-4,6,9-11H,5,7-8H2,1-2H3;2*3-4,6,8,10-11H,5,7,9H2,1-2H3/q5*+1/i8D2;8D2,10D2;7D2;7D2,9D2;. The molecule has 0 saturated heterocycles. The first-order valence-corrected chi connectivity index (χ1v) is 31.2. The van der Waals surface area contributed by atoms with E-state index in [1.165, 1.54) is 58.3 Å². The van der Waals surface area contributed by atoms with Crippen LogP contribution in [-0.2, 0) is 99.2 Å². The summed E-state index contributed by atoms with van der Waals surface area (Å²) in [4.78, 5) is 0. The summed E-state index contributed by atoms with van der Waals surface area (Å²) in [6.45, 7) is 10.4. The molecule has 0 aliphatic heterocycles. The molecular formula is C82H94N5+5. The number of benzene rings is 5. The maximum atomic E-state index is 8.43. The fraction of sp³-hybridized carbons (Fsp3) is 0.329. The summed E-state index contributed by atoms with van der Waals surface area (Å²) < 4.78 is 109. The summed E-state index contributed by atoms with van der Waals surface area (Å²) in [5, 5.41) is 0. The number of fused-ring (bicyclic) bond motifs is 5. The molecule has 87 heavy (non-hydrogen) atoms. The summed E-state index contributed by atoms with van der Waals surface area (Å²) in [6, 6.07) is 50.8. The molecule has 0 fully saturated rings. The van der Waals surface area contributed by atoms with Crippen molar-refractivity contribution in [2.45, 2.75) is 143 Å². The lowest BCUT2D eigenvalue weighted by Crippen LogP contribution is -2.33. The van der Waals surface area contributed by atoms with Gasteiger partial charge in [0.05, 0.1) is 0 Å².